The highest BCUT2D eigenvalue weighted by Gasteiger charge is 2.32. The van der Waals surface area contributed by atoms with Gasteiger partial charge < -0.3 is 10.3 Å². The number of aromatic nitrogens is 2. The number of rotatable bonds is 5. The number of hydrogen-bond donors (Lipinski definition) is 2. The summed E-state index contributed by atoms with van der Waals surface area (Å²) in [5.74, 6) is 0.403. The molecular weight excluding hydrogens is 285 g/mol. The molecule has 22 heavy (non-hydrogen) atoms. The first-order valence-corrected chi connectivity index (χ1v) is 7.39. The van der Waals surface area contributed by atoms with E-state index in [1.165, 1.54) is 22.9 Å². The Bertz CT molecular complexity index is 792. The van der Waals surface area contributed by atoms with Gasteiger partial charge in [0.1, 0.15) is 5.82 Å². The molecule has 1 aromatic carbocycles. The van der Waals surface area contributed by atoms with Crippen LogP contribution >= 0.6 is 0 Å². The summed E-state index contributed by atoms with van der Waals surface area (Å²) in [7, 11) is 0. The van der Waals surface area contributed by atoms with E-state index in [9.17, 15) is 14.0 Å². The standard InChI is InChI=1S/C16H18FN3O2/c17-13-4-3-11(9-14(13)18)12(10-1-2-10)5-7-20-8-6-15(21)19-16(20)22/h3-4,6,8-10,12H,1-2,5,7,18H2,(H,19,21,22). The SMILES string of the molecule is Nc1cc(C(CCn2ccc(=O)[nH]c2=O)C2CC2)ccc1F. The van der Waals surface area contributed by atoms with E-state index >= 15 is 0 Å². The summed E-state index contributed by atoms with van der Waals surface area (Å²) < 4.78 is 14.8. The van der Waals surface area contributed by atoms with Gasteiger partial charge in [-0.05, 0) is 48.8 Å². The minimum atomic E-state index is -0.407. The van der Waals surface area contributed by atoms with Crippen molar-refractivity contribution in [2.45, 2.75) is 31.7 Å². The molecule has 0 bridgehead atoms. The van der Waals surface area contributed by atoms with E-state index in [0.717, 1.165) is 24.8 Å². The first-order valence-electron chi connectivity index (χ1n) is 7.39. The lowest BCUT2D eigenvalue weighted by Gasteiger charge is -2.18. The maximum atomic E-state index is 13.3. The van der Waals surface area contributed by atoms with Crippen molar-refractivity contribution < 1.29 is 4.39 Å². The Hall–Kier alpha value is -2.37. The molecule has 1 fully saturated rings. The largest absolute Gasteiger partial charge is 0.396 e. The lowest BCUT2D eigenvalue weighted by molar-refractivity contribution is 0.491. The summed E-state index contributed by atoms with van der Waals surface area (Å²) in [6.07, 6.45) is 4.54. The molecule has 0 aliphatic heterocycles. The summed E-state index contributed by atoms with van der Waals surface area (Å²) >= 11 is 0. The molecule has 1 heterocycles. The van der Waals surface area contributed by atoms with Crippen LogP contribution in [0.2, 0.25) is 0 Å². The highest BCUT2D eigenvalue weighted by Crippen LogP contribution is 2.45. The van der Waals surface area contributed by atoms with Crippen molar-refractivity contribution in [3.63, 3.8) is 0 Å². The molecule has 0 amide bonds. The van der Waals surface area contributed by atoms with E-state index in [2.05, 4.69) is 4.98 Å². The minimum absolute atomic E-state index is 0.157. The summed E-state index contributed by atoms with van der Waals surface area (Å²) in [5, 5.41) is 0. The Morgan fingerprint density at radius 3 is 2.73 bits per heavy atom. The van der Waals surface area contributed by atoms with Crippen LogP contribution in [0.15, 0.2) is 40.1 Å². The number of nitrogens with zero attached hydrogens (tertiary/aromatic N) is 1. The van der Waals surface area contributed by atoms with E-state index in [1.807, 2.05) is 0 Å². The summed E-state index contributed by atoms with van der Waals surface area (Å²) in [4.78, 5) is 25.0. The number of anilines is 1. The third kappa shape index (κ3) is 3.10. The molecule has 2 aromatic rings. The Morgan fingerprint density at radius 1 is 1.32 bits per heavy atom. The van der Waals surface area contributed by atoms with Gasteiger partial charge in [0.2, 0.25) is 0 Å². The van der Waals surface area contributed by atoms with Crippen molar-refractivity contribution in [2.24, 2.45) is 5.92 Å². The van der Waals surface area contributed by atoms with E-state index in [1.54, 1.807) is 12.1 Å². The first kappa shape index (κ1) is 14.6. The molecule has 116 valence electrons. The smallest absolute Gasteiger partial charge is 0.328 e. The molecule has 1 atom stereocenters. The van der Waals surface area contributed by atoms with Crippen LogP contribution in [0.4, 0.5) is 10.1 Å². The monoisotopic (exact) mass is 303 g/mol. The van der Waals surface area contributed by atoms with Gasteiger partial charge in [-0.1, -0.05) is 6.07 Å². The fraction of sp³-hybridized carbons (Fsp3) is 0.375. The van der Waals surface area contributed by atoms with Crippen LogP contribution in [0.3, 0.4) is 0 Å². The highest BCUT2D eigenvalue weighted by molar-refractivity contribution is 5.43. The van der Waals surface area contributed by atoms with Crippen molar-refractivity contribution in [1.29, 1.82) is 0 Å². The van der Waals surface area contributed by atoms with E-state index in [4.69, 9.17) is 5.73 Å². The Labute approximate surface area is 126 Å². The quantitative estimate of drug-likeness (QED) is 0.827. The van der Waals surface area contributed by atoms with Gasteiger partial charge in [-0.3, -0.25) is 9.78 Å². The highest BCUT2D eigenvalue weighted by atomic mass is 19.1. The fourth-order valence-corrected chi connectivity index (χ4v) is 2.86. The molecule has 0 saturated heterocycles. The molecule has 1 aliphatic rings. The topological polar surface area (TPSA) is 80.9 Å². The van der Waals surface area contributed by atoms with Gasteiger partial charge in [-0.15, -0.1) is 0 Å². The molecule has 1 unspecified atom stereocenters. The van der Waals surface area contributed by atoms with Crippen LogP contribution in [0.25, 0.3) is 0 Å². The van der Waals surface area contributed by atoms with Crippen LogP contribution < -0.4 is 17.0 Å². The van der Waals surface area contributed by atoms with Crippen molar-refractivity contribution in [3.05, 3.63) is 62.7 Å². The number of halogens is 1. The van der Waals surface area contributed by atoms with Gasteiger partial charge in [0.25, 0.3) is 5.56 Å². The van der Waals surface area contributed by atoms with Crippen molar-refractivity contribution in [1.82, 2.24) is 9.55 Å². The number of benzene rings is 1. The van der Waals surface area contributed by atoms with Crippen LogP contribution in [0.5, 0.6) is 0 Å². The van der Waals surface area contributed by atoms with E-state index in [0.29, 0.717) is 12.5 Å². The Morgan fingerprint density at radius 2 is 2.09 bits per heavy atom. The van der Waals surface area contributed by atoms with Crippen LogP contribution in [-0.4, -0.2) is 9.55 Å². The minimum Gasteiger partial charge on any atom is -0.396 e. The second-order valence-electron chi connectivity index (χ2n) is 5.82. The molecule has 5 nitrogen and oxygen atoms in total. The molecule has 3 rings (SSSR count). The number of H-pyrrole nitrogens is 1. The molecule has 1 saturated carbocycles. The van der Waals surface area contributed by atoms with E-state index < -0.39 is 17.1 Å². The predicted molar refractivity (Wildman–Crippen MR) is 82.2 cm³/mol. The maximum Gasteiger partial charge on any atom is 0.328 e. The zero-order valence-electron chi connectivity index (χ0n) is 12.1. The van der Waals surface area contributed by atoms with Gasteiger partial charge >= 0.3 is 5.69 Å². The number of aromatic amines is 1. The number of nitrogens with one attached hydrogen (secondary N) is 1. The number of nitrogens with two attached hydrogens (primary N) is 1. The van der Waals surface area contributed by atoms with Crippen LogP contribution in [0.1, 0.15) is 30.7 Å². The maximum absolute atomic E-state index is 13.3. The summed E-state index contributed by atoms with van der Waals surface area (Å²) in [5.41, 5.74) is 6.03. The zero-order valence-corrected chi connectivity index (χ0v) is 12.1. The molecule has 3 N–H and O–H groups in total. The normalized spacial score (nSPS) is 15.7. The van der Waals surface area contributed by atoms with Crippen LogP contribution in [-0.2, 0) is 6.54 Å². The zero-order chi connectivity index (χ0) is 15.7. The first-order chi connectivity index (χ1) is 10.5. The fourth-order valence-electron chi connectivity index (χ4n) is 2.86. The predicted octanol–water partition coefficient (Wildman–Crippen LogP) is 1.84. The molecule has 0 radical (unpaired) electrons. The van der Waals surface area contributed by atoms with Gasteiger partial charge in [0.15, 0.2) is 0 Å². The third-order valence-corrected chi connectivity index (χ3v) is 4.22. The van der Waals surface area contributed by atoms with Gasteiger partial charge in [0.05, 0.1) is 5.69 Å². The Kier molecular flexibility index (Phi) is 3.83. The summed E-state index contributed by atoms with van der Waals surface area (Å²) in [6.45, 7) is 0.508. The van der Waals surface area contributed by atoms with Gasteiger partial charge in [-0.25, -0.2) is 9.18 Å². The van der Waals surface area contributed by atoms with Crippen LogP contribution in [0, 0.1) is 11.7 Å². The van der Waals surface area contributed by atoms with E-state index in [-0.39, 0.29) is 11.6 Å². The van der Waals surface area contributed by atoms with Crippen molar-refractivity contribution in [2.75, 3.05) is 5.73 Å². The molecule has 1 aliphatic carbocycles. The number of hydrogen-bond acceptors (Lipinski definition) is 3. The van der Waals surface area contributed by atoms with Crippen molar-refractivity contribution in [3.8, 4) is 0 Å². The molecule has 6 heteroatoms. The average molecular weight is 303 g/mol. The third-order valence-electron chi connectivity index (χ3n) is 4.22. The Balaban J connectivity index is 1.79. The molecule has 0 spiro atoms. The summed E-state index contributed by atoms with van der Waals surface area (Å²) in [6, 6.07) is 6.19. The second kappa shape index (κ2) is 5.79. The second-order valence-corrected chi connectivity index (χ2v) is 5.82. The molecular formula is C16H18FN3O2. The average Bonchev–Trinajstić information content (AvgIpc) is 3.29. The lowest BCUT2D eigenvalue weighted by atomic mass is 9.90. The lowest BCUT2D eigenvalue weighted by Crippen LogP contribution is -2.29. The van der Waals surface area contributed by atoms with Crippen molar-refractivity contribution >= 4 is 5.69 Å². The van der Waals surface area contributed by atoms with Gasteiger partial charge in [0, 0.05) is 18.8 Å². The number of aryl methyl sites for hydroxylation is 1. The number of nitrogen functional groups attached to an aromatic ring is 1. The molecule has 1 aromatic heterocycles. The van der Waals surface area contributed by atoms with Gasteiger partial charge in [-0.2, -0.15) is 0 Å².